The first-order valence-electron chi connectivity index (χ1n) is 5.92. The summed E-state index contributed by atoms with van der Waals surface area (Å²) < 4.78 is 23.7. The Balaban J connectivity index is 2.63. The zero-order valence-electron chi connectivity index (χ0n) is 9.45. The molecule has 0 aromatic heterocycles. The van der Waals surface area contributed by atoms with Crippen LogP contribution in [0.25, 0.3) is 0 Å². The fourth-order valence-corrected chi connectivity index (χ4v) is 4.29. The van der Waals surface area contributed by atoms with E-state index in [4.69, 9.17) is 11.6 Å². The van der Waals surface area contributed by atoms with Gasteiger partial charge in [-0.1, -0.05) is 38.5 Å². The van der Waals surface area contributed by atoms with Crippen LogP contribution in [-0.2, 0) is 14.6 Å². The van der Waals surface area contributed by atoms with Crippen molar-refractivity contribution in [2.24, 2.45) is 0 Å². The predicted octanol–water partition coefficient (Wildman–Crippen LogP) is 2.67. The predicted molar refractivity (Wildman–Crippen MR) is 65.4 cm³/mol. The number of carbonyl (C=O) groups is 1. The summed E-state index contributed by atoms with van der Waals surface area (Å²) in [6, 6.07) is 0. The topological polar surface area (TPSA) is 51.2 Å². The smallest absolute Gasteiger partial charge is 0.236 e. The van der Waals surface area contributed by atoms with E-state index in [1.165, 1.54) is 12.8 Å². The van der Waals surface area contributed by atoms with Gasteiger partial charge in [0.15, 0.2) is 9.84 Å². The molecule has 0 aliphatic heterocycles. The third-order valence-electron chi connectivity index (χ3n) is 3.12. The summed E-state index contributed by atoms with van der Waals surface area (Å²) in [4.78, 5) is 10.7. The molecule has 0 aromatic rings. The molecule has 1 aliphatic carbocycles. The number of halogens is 1. The molecule has 94 valence electrons. The molecule has 0 atom stereocenters. The first-order chi connectivity index (χ1) is 7.52. The zero-order valence-corrected chi connectivity index (χ0v) is 11.0. The number of rotatable bonds is 3. The molecular formula is C11H19ClO3S. The van der Waals surface area contributed by atoms with Crippen LogP contribution >= 0.6 is 11.6 Å². The van der Waals surface area contributed by atoms with E-state index in [2.05, 4.69) is 0 Å². The molecule has 5 heteroatoms. The van der Waals surface area contributed by atoms with Crippen molar-refractivity contribution in [2.75, 3.05) is 5.75 Å². The monoisotopic (exact) mass is 266 g/mol. The first-order valence-corrected chi connectivity index (χ1v) is 8.01. The molecule has 16 heavy (non-hydrogen) atoms. The van der Waals surface area contributed by atoms with Crippen molar-refractivity contribution in [2.45, 2.75) is 56.6 Å². The van der Waals surface area contributed by atoms with Gasteiger partial charge in [0.1, 0.15) is 5.75 Å². The van der Waals surface area contributed by atoms with Crippen LogP contribution in [0.15, 0.2) is 0 Å². The molecule has 0 bridgehead atoms. The lowest BCUT2D eigenvalue weighted by Crippen LogP contribution is -2.26. The van der Waals surface area contributed by atoms with Crippen LogP contribution in [0.1, 0.15) is 51.4 Å². The van der Waals surface area contributed by atoms with E-state index in [9.17, 15) is 13.2 Å². The van der Waals surface area contributed by atoms with Gasteiger partial charge in [-0.3, -0.25) is 4.79 Å². The largest absolute Gasteiger partial charge is 0.280 e. The SMILES string of the molecule is O=C(Cl)CS(=O)(=O)C1CCCCCCCC1. The maximum Gasteiger partial charge on any atom is 0.236 e. The quantitative estimate of drug-likeness (QED) is 0.738. The Kier molecular flexibility index (Phi) is 5.76. The molecule has 1 fully saturated rings. The first kappa shape index (κ1) is 14.0. The molecule has 1 aliphatic rings. The summed E-state index contributed by atoms with van der Waals surface area (Å²) in [5, 5.41) is -1.12. The molecule has 0 spiro atoms. The minimum atomic E-state index is -3.32. The summed E-state index contributed by atoms with van der Waals surface area (Å²) in [5.41, 5.74) is 0. The summed E-state index contributed by atoms with van der Waals surface area (Å²) in [6.45, 7) is 0. The van der Waals surface area contributed by atoms with Gasteiger partial charge in [0.2, 0.25) is 5.24 Å². The van der Waals surface area contributed by atoms with E-state index < -0.39 is 20.8 Å². The van der Waals surface area contributed by atoms with Gasteiger partial charge in [0.25, 0.3) is 0 Å². The van der Waals surface area contributed by atoms with Gasteiger partial charge in [0, 0.05) is 0 Å². The van der Waals surface area contributed by atoms with Gasteiger partial charge in [-0.05, 0) is 24.4 Å². The van der Waals surface area contributed by atoms with Crippen molar-refractivity contribution in [1.82, 2.24) is 0 Å². The van der Waals surface area contributed by atoms with Crippen molar-refractivity contribution >= 4 is 26.7 Å². The van der Waals surface area contributed by atoms with E-state index in [0.29, 0.717) is 12.8 Å². The highest BCUT2D eigenvalue weighted by molar-refractivity contribution is 7.92. The van der Waals surface area contributed by atoms with Crippen LogP contribution in [0.2, 0.25) is 0 Å². The molecule has 1 rings (SSSR count). The lowest BCUT2D eigenvalue weighted by atomic mass is 10.1. The molecule has 0 unspecified atom stereocenters. The van der Waals surface area contributed by atoms with Gasteiger partial charge in [-0.2, -0.15) is 0 Å². The second-order valence-corrected chi connectivity index (χ2v) is 7.19. The van der Waals surface area contributed by atoms with Crippen molar-refractivity contribution in [3.63, 3.8) is 0 Å². The third kappa shape index (κ3) is 4.83. The number of hydrogen-bond donors (Lipinski definition) is 0. The molecule has 0 saturated heterocycles. The normalized spacial score (nSPS) is 20.8. The molecule has 1 saturated carbocycles. The molecule has 0 aromatic carbocycles. The van der Waals surface area contributed by atoms with Crippen molar-refractivity contribution in [1.29, 1.82) is 0 Å². The summed E-state index contributed by atoms with van der Waals surface area (Å²) in [5.74, 6) is -0.501. The Morgan fingerprint density at radius 3 is 1.88 bits per heavy atom. The molecule has 0 radical (unpaired) electrons. The minimum absolute atomic E-state index is 0.353. The van der Waals surface area contributed by atoms with E-state index in [1.807, 2.05) is 0 Å². The summed E-state index contributed by atoms with van der Waals surface area (Å²) >= 11 is 5.17. The van der Waals surface area contributed by atoms with E-state index >= 15 is 0 Å². The molecule has 0 amide bonds. The highest BCUT2D eigenvalue weighted by Crippen LogP contribution is 2.22. The van der Waals surface area contributed by atoms with Crippen LogP contribution < -0.4 is 0 Å². The molecular weight excluding hydrogens is 248 g/mol. The second kappa shape index (κ2) is 6.60. The van der Waals surface area contributed by atoms with E-state index in [-0.39, 0.29) is 5.25 Å². The zero-order chi connectivity index (χ0) is 12.0. The van der Waals surface area contributed by atoms with Crippen LogP contribution in [0.5, 0.6) is 0 Å². The van der Waals surface area contributed by atoms with Crippen molar-refractivity contribution in [3.8, 4) is 0 Å². The Bertz CT molecular complexity index is 314. The van der Waals surface area contributed by atoms with Gasteiger partial charge >= 0.3 is 0 Å². The van der Waals surface area contributed by atoms with Gasteiger partial charge in [-0.15, -0.1) is 0 Å². The van der Waals surface area contributed by atoms with E-state index in [0.717, 1.165) is 25.7 Å². The van der Waals surface area contributed by atoms with Crippen LogP contribution in [0, 0.1) is 0 Å². The van der Waals surface area contributed by atoms with Crippen molar-refractivity contribution in [3.05, 3.63) is 0 Å². The maximum absolute atomic E-state index is 11.9. The fraction of sp³-hybridized carbons (Fsp3) is 0.909. The lowest BCUT2D eigenvalue weighted by molar-refractivity contribution is -0.109. The Morgan fingerprint density at radius 2 is 1.44 bits per heavy atom. The standard InChI is InChI=1S/C11H19ClO3S/c12-11(13)9-16(14,15)10-7-5-3-1-2-4-6-8-10/h10H,1-9H2. The summed E-state index contributed by atoms with van der Waals surface area (Å²) in [7, 11) is -3.32. The average Bonchev–Trinajstić information content (AvgIpc) is 2.28. The summed E-state index contributed by atoms with van der Waals surface area (Å²) in [6.07, 6.45) is 7.85. The number of hydrogen-bond acceptors (Lipinski definition) is 3. The highest BCUT2D eigenvalue weighted by Gasteiger charge is 2.27. The molecule has 0 heterocycles. The fourth-order valence-electron chi connectivity index (χ4n) is 2.23. The number of carbonyl (C=O) groups excluding carboxylic acids is 1. The van der Waals surface area contributed by atoms with Gasteiger partial charge < -0.3 is 0 Å². The van der Waals surface area contributed by atoms with Crippen LogP contribution in [0.3, 0.4) is 0 Å². The Labute approximate surface area is 102 Å². The average molecular weight is 267 g/mol. The van der Waals surface area contributed by atoms with Gasteiger partial charge in [-0.25, -0.2) is 8.42 Å². The van der Waals surface area contributed by atoms with Crippen LogP contribution in [-0.4, -0.2) is 24.7 Å². The third-order valence-corrected chi connectivity index (χ3v) is 5.57. The molecule has 0 N–H and O–H groups in total. The molecule has 3 nitrogen and oxygen atoms in total. The lowest BCUT2D eigenvalue weighted by Gasteiger charge is -2.15. The number of sulfone groups is 1. The minimum Gasteiger partial charge on any atom is -0.280 e. The van der Waals surface area contributed by atoms with Gasteiger partial charge in [0.05, 0.1) is 5.25 Å². The Morgan fingerprint density at radius 1 is 1.00 bits per heavy atom. The second-order valence-electron chi connectivity index (χ2n) is 4.48. The van der Waals surface area contributed by atoms with Crippen LogP contribution in [0.4, 0.5) is 0 Å². The maximum atomic E-state index is 11.9. The van der Waals surface area contributed by atoms with Crippen molar-refractivity contribution < 1.29 is 13.2 Å². The Hall–Kier alpha value is -0.0900. The van der Waals surface area contributed by atoms with E-state index in [1.54, 1.807) is 0 Å². The highest BCUT2D eigenvalue weighted by atomic mass is 35.5.